The highest BCUT2D eigenvalue weighted by atomic mass is 16.2. The van der Waals surface area contributed by atoms with Gasteiger partial charge in [-0.25, -0.2) is 0 Å². The number of hydrogen-bond acceptors (Lipinski definition) is 2. The monoisotopic (exact) mass is 426 g/mol. The summed E-state index contributed by atoms with van der Waals surface area (Å²) in [6.07, 6.45) is 7.62. The van der Waals surface area contributed by atoms with Crippen LogP contribution in [-0.4, -0.2) is 59.8 Å². The number of piperazine rings is 1. The number of rotatable bonds is 6. The van der Waals surface area contributed by atoms with Crippen LogP contribution in [0.4, 0.5) is 5.69 Å². The zero-order valence-corrected chi connectivity index (χ0v) is 19.8. The number of nitrogens with zero attached hydrogens (tertiary/aromatic N) is 1. The molecule has 1 amide bonds. The first-order valence-corrected chi connectivity index (χ1v) is 12.6. The average molecular weight is 427 g/mol. The van der Waals surface area contributed by atoms with Gasteiger partial charge >= 0.3 is 0 Å². The molecule has 1 saturated heterocycles. The van der Waals surface area contributed by atoms with E-state index in [1.165, 1.54) is 56.7 Å². The molecular weight excluding hydrogens is 384 g/mol. The van der Waals surface area contributed by atoms with E-state index < -0.39 is 0 Å². The van der Waals surface area contributed by atoms with E-state index in [4.69, 9.17) is 0 Å². The van der Waals surface area contributed by atoms with Crippen LogP contribution in [0.1, 0.15) is 50.1 Å². The number of nitrogens with one attached hydrogen (secondary N) is 3. The molecular formula is C26H42N4O+2. The van der Waals surface area contributed by atoms with Crippen molar-refractivity contribution in [2.75, 3.05) is 58.8 Å². The van der Waals surface area contributed by atoms with Gasteiger partial charge in [-0.1, -0.05) is 12.1 Å². The first-order valence-electron chi connectivity index (χ1n) is 12.6. The molecule has 1 heterocycles. The molecule has 4 bridgehead atoms. The van der Waals surface area contributed by atoms with E-state index in [2.05, 4.69) is 55.6 Å². The summed E-state index contributed by atoms with van der Waals surface area (Å²) in [4.78, 5) is 19.0. The van der Waals surface area contributed by atoms with Gasteiger partial charge in [0.2, 0.25) is 5.91 Å². The maximum absolute atomic E-state index is 13.6. The van der Waals surface area contributed by atoms with Gasteiger partial charge in [0.05, 0.1) is 13.6 Å². The Bertz CT molecular complexity index is 746. The van der Waals surface area contributed by atoms with Gasteiger partial charge in [-0.15, -0.1) is 0 Å². The number of likely N-dealkylation sites (N-methyl/N-ethyl adjacent to an activating group) is 1. The second kappa shape index (κ2) is 8.40. The SMILES string of the molecule is CN(C)c1ccc([C@H](CNC(=O)C23CC4CC(CC(C4)C2)C3)[NH+]2CC[NH+](C)CC2)cc1. The number of anilines is 1. The van der Waals surface area contributed by atoms with Crippen LogP contribution in [0.15, 0.2) is 24.3 Å². The molecule has 1 aromatic rings. The van der Waals surface area contributed by atoms with Crippen molar-refractivity contribution in [1.82, 2.24) is 5.32 Å². The fourth-order valence-electron chi connectivity index (χ4n) is 7.62. The number of carbonyl (C=O) groups excluding carboxylic acids is 1. The van der Waals surface area contributed by atoms with Crippen LogP contribution < -0.4 is 20.0 Å². The van der Waals surface area contributed by atoms with Gasteiger partial charge in [-0.05, 0) is 68.4 Å². The van der Waals surface area contributed by atoms with Gasteiger partial charge in [-0.3, -0.25) is 4.79 Å². The summed E-state index contributed by atoms with van der Waals surface area (Å²) in [5.41, 5.74) is 2.55. The van der Waals surface area contributed by atoms with E-state index in [0.717, 1.165) is 43.6 Å². The summed E-state index contributed by atoms with van der Waals surface area (Å²) in [6, 6.07) is 9.38. The largest absolute Gasteiger partial charge is 0.378 e. The minimum Gasteiger partial charge on any atom is -0.378 e. The normalized spacial score (nSPS) is 37.5. The standard InChI is InChI=1S/C26H40N4O/c1-28(2)23-6-4-22(5-7-23)24(30-10-8-29(3)9-11-30)18-27-25(31)26-15-19-12-20(16-26)14-21(13-19)17-26/h4-7,19-21,24H,8-18H2,1-3H3,(H,27,31)/p+2/t19?,20?,21?,24-,26?/m0/s1. The maximum Gasteiger partial charge on any atom is 0.226 e. The Hall–Kier alpha value is -1.59. The van der Waals surface area contributed by atoms with Crippen molar-refractivity contribution in [3.63, 3.8) is 0 Å². The molecule has 0 aromatic heterocycles. The summed E-state index contributed by atoms with van der Waals surface area (Å²) in [6.45, 7) is 5.56. The zero-order valence-electron chi connectivity index (χ0n) is 19.8. The maximum atomic E-state index is 13.6. The molecule has 5 aliphatic rings. The lowest BCUT2D eigenvalue weighted by atomic mass is 9.49. The molecule has 4 saturated carbocycles. The predicted molar refractivity (Wildman–Crippen MR) is 124 cm³/mol. The Morgan fingerprint density at radius 1 is 1.00 bits per heavy atom. The number of amides is 1. The van der Waals surface area contributed by atoms with E-state index >= 15 is 0 Å². The third-order valence-electron chi connectivity index (χ3n) is 9.04. The second-order valence-electron chi connectivity index (χ2n) is 11.6. The summed E-state index contributed by atoms with van der Waals surface area (Å²) >= 11 is 0. The molecule has 5 heteroatoms. The lowest BCUT2D eigenvalue weighted by molar-refractivity contribution is -1.02. The van der Waals surface area contributed by atoms with Gasteiger partial charge in [-0.2, -0.15) is 0 Å². The lowest BCUT2D eigenvalue weighted by Gasteiger charge is -2.55. The third-order valence-corrected chi connectivity index (χ3v) is 9.04. The average Bonchev–Trinajstić information content (AvgIpc) is 2.74. The highest BCUT2D eigenvalue weighted by molar-refractivity contribution is 5.83. The van der Waals surface area contributed by atoms with Crippen LogP contribution in [-0.2, 0) is 4.79 Å². The molecule has 1 atom stereocenters. The summed E-state index contributed by atoms with van der Waals surface area (Å²) < 4.78 is 0. The molecule has 0 spiro atoms. The van der Waals surface area contributed by atoms with Gasteiger partial charge < -0.3 is 20.0 Å². The number of benzene rings is 1. The third kappa shape index (κ3) is 4.23. The Morgan fingerprint density at radius 2 is 1.55 bits per heavy atom. The van der Waals surface area contributed by atoms with Crippen molar-refractivity contribution in [1.29, 1.82) is 0 Å². The number of quaternary nitrogens is 2. The van der Waals surface area contributed by atoms with Crippen molar-refractivity contribution in [2.45, 2.75) is 44.6 Å². The Balaban J connectivity index is 1.30. The molecule has 4 aliphatic carbocycles. The minimum absolute atomic E-state index is 0.0460. The van der Waals surface area contributed by atoms with Gasteiger partial charge in [0.1, 0.15) is 32.2 Å². The van der Waals surface area contributed by atoms with Crippen LogP contribution in [0.25, 0.3) is 0 Å². The number of hydrogen-bond donors (Lipinski definition) is 3. The zero-order chi connectivity index (χ0) is 21.6. The molecule has 3 N–H and O–H groups in total. The topological polar surface area (TPSA) is 41.2 Å². The molecule has 0 unspecified atom stereocenters. The molecule has 1 aliphatic heterocycles. The van der Waals surface area contributed by atoms with Crippen molar-refractivity contribution in [3.05, 3.63) is 29.8 Å². The van der Waals surface area contributed by atoms with Crippen LogP contribution in [0.2, 0.25) is 0 Å². The predicted octanol–water partition coefficient (Wildman–Crippen LogP) is 0.540. The molecule has 6 rings (SSSR count). The van der Waals surface area contributed by atoms with Crippen molar-refractivity contribution < 1.29 is 14.6 Å². The molecule has 5 fully saturated rings. The van der Waals surface area contributed by atoms with E-state index in [9.17, 15) is 4.79 Å². The quantitative estimate of drug-likeness (QED) is 0.622. The van der Waals surface area contributed by atoms with E-state index in [-0.39, 0.29) is 5.41 Å². The van der Waals surface area contributed by atoms with Crippen LogP contribution in [0.5, 0.6) is 0 Å². The van der Waals surface area contributed by atoms with Crippen LogP contribution >= 0.6 is 0 Å². The van der Waals surface area contributed by atoms with Gasteiger partial charge in [0, 0.05) is 30.8 Å². The smallest absolute Gasteiger partial charge is 0.226 e. The first-order chi connectivity index (χ1) is 14.9. The van der Waals surface area contributed by atoms with Gasteiger partial charge in [0.25, 0.3) is 0 Å². The lowest BCUT2D eigenvalue weighted by Crippen LogP contribution is -3.27. The summed E-state index contributed by atoms with van der Waals surface area (Å²) in [5, 5.41) is 3.51. The summed E-state index contributed by atoms with van der Waals surface area (Å²) in [5.74, 6) is 2.83. The van der Waals surface area contributed by atoms with Gasteiger partial charge in [0.15, 0.2) is 0 Å². The Kier molecular flexibility index (Phi) is 5.76. The fraction of sp³-hybridized carbons (Fsp3) is 0.731. The van der Waals surface area contributed by atoms with Crippen molar-refractivity contribution in [2.24, 2.45) is 23.2 Å². The fourth-order valence-corrected chi connectivity index (χ4v) is 7.62. The molecule has 170 valence electrons. The van der Waals surface area contributed by atoms with Crippen molar-refractivity contribution in [3.8, 4) is 0 Å². The van der Waals surface area contributed by atoms with Crippen LogP contribution in [0.3, 0.4) is 0 Å². The summed E-state index contributed by atoms with van der Waals surface area (Å²) in [7, 11) is 6.48. The second-order valence-corrected chi connectivity index (χ2v) is 11.6. The molecule has 0 radical (unpaired) electrons. The molecule has 1 aromatic carbocycles. The Labute approximate surface area is 188 Å². The van der Waals surface area contributed by atoms with E-state index in [1.807, 2.05) is 0 Å². The van der Waals surface area contributed by atoms with Crippen LogP contribution in [0, 0.1) is 23.2 Å². The Morgan fingerprint density at radius 3 is 2.06 bits per heavy atom. The molecule has 31 heavy (non-hydrogen) atoms. The highest BCUT2D eigenvalue weighted by Crippen LogP contribution is 2.60. The van der Waals surface area contributed by atoms with E-state index in [1.54, 1.807) is 9.80 Å². The highest BCUT2D eigenvalue weighted by Gasteiger charge is 2.54. The number of carbonyl (C=O) groups is 1. The first kappa shape index (κ1) is 21.3. The minimum atomic E-state index is -0.0460. The van der Waals surface area contributed by atoms with E-state index in [0.29, 0.717) is 11.9 Å². The van der Waals surface area contributed by atoms with Crippen molar-refractivity contribution >= 4 is 11.6 Å². The molecule has 5 nitrogen and oxygen atoms in total.